The van der Waals surface area contributed by atoms with Crippen molar-refractivity contribution in [3.63, 3.8) is 0 Å². The van der Waals surface area contributed by atoms with Crippen LogP contribution in [0.25, 0.3) is 6.08 Å². The molecule has 0 fully saturated rings. The summed E-state index contributed by atoms with van der Waals surface area (Å²) < 4.78 is 6.57. The summed E-state index contributed by atoms with van der Waals surface area (Å²) in [6, 6.07) is 18.9. The molecule has 2 aromatic carbocycles. The highest BCUT2D eigenvalue weighted by Crippen LogP contribution is 2.52. The molecule has 228 valence electrons. The molecule has 0 heterocycles. The fourth-order valence-electron chi connectivity index (χ4n) is 7.04. The summed E-state index contributed by atoms with van der Waals surface area (Å²) in [6.45, 7) is 16.4. The molecule has 2 aromatic rings. The van der Waals surface area contributed by atoms with Gasteiger partial charge in [0.25, 0.3) is 0 Å². The van der Waals surface area contributed by atoms with E-state index in [9.17, 15) is 4.79 Å². The normalized spacial score (nSPS) is 17.0. The summed E-state index contributed by atoms with van der Waals surface area (Å²) in [4.78, 5) is 14.5. The second-order valence-electron chi connectivity index (χ2n) is 12.7. The predicted octanol–water partition coefficient (Wildman–Crippen LogP) is 11.6. The van der Waals surface area contributed by atoms with Crippen molar-refractivity contribution in [2.75, 3.05) is 0 Å². The molecule has 6 unspecified atom stereocenters. The van der Waals surface area contributed by atoms with Gasteiger partial charge in [0.05, 0.1) is 0 Å². The van der Waals surface area contributed by atoms with Gasteiger partial charge in [-0.1, -0.05) is 136 Å². The zero-order chi connectivity index (χ0) is 30.3. The first kappa shape index (κ1) is 35.2. The topological polar surface area (TPSA) is 26.3 Å². The molecule has 2 nitrogen and oxygen atoms in total. The fraction of sp³-hybridized carbons (Fsp3) is 0.605. The lowest BCUT2D eigenvalue weighted by molar-refractivity contribution is -0.156. The highest BCUT2D eigenvalue weighted by Gasteiger charge is 2.47. The zero-order valence-corrected chi connectivity index (χ0v) is 28.0. The lowest BCUT2D eigenvalue weighted by Crippen LogP contribution is -2.46. The van der Waals surface area contributed by atoms with E-state index in [0.717, 1.165) is 42.6 Å². The van der Waals surface area contributed by atoms with Crippen LogP contribution in [-0.4, -0.2) is 12.1 Å². The third kappa shape index (κ3) is 11.0. The van der Waals surface area contributed by atoms with Gasteiger partial charge in [0.15, 0.2) is 0 Å². The molecule has 0 saturated carbocycles. The predicted molar refractivity (Wildman–Crippen MR) is 181 cm³/mol. The molecule has 3 heteroatoms. The van der Waals surface area contributed by atoms with Crippen LogP contribution in [0.4, 0.5) is 0 Å². The van der Waals surface area contributed by atoms with Crippen LogP contribution in [0.1, 0.15) is 130 Å². The Balaban J connectivity index is 2.58. The summed E-state index contributed by atoms with van der Waals surface area (Å²) in [5.74, 6) is 1.60. The minimum Gasteiger partial charge on any atom is -0.459 e. The number of rotatable bonds is 19. The van der Waals surface area contributed by atoms with Crippen LogP contribution in [0.15, 0.2) is 65.6 Å². The van der Waals surface area contributed by atoms with Crippen molar-refractivity contribution >= 4 is 24.7 Å². The monoisotopic (exact) mass is 578 g/mol. The summed E-state index contributed by atoms with van der Waals surface area (Å²) in [5.41, 5.74) is 2.27. The Morgan fingerprint density at radius 1 is 0.878 bits per heavy atom. The van der Waals surface area contributed by atoms with E-state index in [1.54, 1.807) is 6.08 Å². The molecule has 0 amide bonds. The molecular weight excluding hydrogens is 520 g/mol. The number of hydrogen-bond donors (Lipinski definition) is 1. The quantitative estimate of drug-likeness (QED) is 0.102. The smallest absolute Gasteiger partial charge is 0.331 e. The number of hydrogen-bond acceptors (Lipinski definition) is 3. The number of unbranched alkanes of at least 4 members (excludes halogenated alkanes) is 1. The third-order valence-corrected chi connectivity index (χ3v) is 9.47. The summed E-state index contributed by atoms with van der Waals surface area (Å²) in [5, 5.41) is 0. The largest absolute Gasteiger partial charge is 0.459 e. The van der Waals surface area contributed by atoms with E-state index >= 15 is 0 Å². The van der Waals surface area contributed by atoms with Crippen LogP contribution in [0, 0.1) is 23.2 Å². The van der Waals surface area contributed by atoms with Gasteiger partial charge in [-0.2, -0.15) is 0 Å². The number of carbonyl (C=O) groups is 1. The minimum absolute atomic E-state index is 0.140. The van der Waals surface area contributed by atoms with Crippen LogP contribution in [0.3, 0.4) is 0 Å². The maximum atomic E-state index is 13.4. The van der Waals surface area contributed by atoms with E-state index in [0.29, 0.717) is 23.7 Å². The van der Waals surface area contributed by atoms with Gasteiger partial charge in [-0.15, -0.1) is 12.6 Å². The van der Waals surface area contributed by atoms with Gasteiger partial charge in [-0.05, 0) is 72.3 Å². The van der Waals surface area contributed by atoms with Crippen LogP contribution >= 0.6 is 12.6 Å². The van der Waals surface area contributed by atoms with Crippen molar-refractivity contribution in [3.8, 4) is 0 Å². The molecule has 0 aromatic heterocycles. The minimum atomic E-state index is -0.225. The molecule has 0 bridgehead atoms. The molecule has 0 aliphatic heterocycles. The van der Waals surface area contributed by atoms with Crippen LogP contribution in [0.2, 0.25) is 0 Å². The molecule has 0 radical (unpaired) electrons. The van der Waals surface area contributed by atoms with Gasteiger partial charge in [0.2, 0.25) is 0 Å². The first-order valence-corrected chi connectivity index (χ1v) is 16.9. The Labute approximate surface area is 258 Å². The molecule has 0 N–H and O–H groups in total. The highest BCUT2D eigenvalue weighted by molar-refractivity contribution is 7.80. The Hall–Kier alpha value is -2.00. The van der Waals surface area contributed by atoms with Gasteiger partial charge < -0.3 is 4.74 Å². The molecule has 2 rings (SSSR count). The molecule has 0 spiro atoms. The van der Waals surface area contributed by atoms with Gasteiger partial charge in [0, 0.05) is 16.4 Å². The number of carbonyl (C=O) groups excluding carboxylic acids is 1. The fourth-order valence-corrected chi connectivity index (χ4v) is 7.19. The first-order chi connectivity index (χ1) is 19.7. The Kier molecular flexibility index (Phi) is 15.9. The molecule has 0 aliphatic rings. The molecule has 0 aliphatic carbocycles. The van der Waals surface area contributed by atoms with E-state index in [1.165, 1.54) is 37.7 Å². The van der Waals surface area contributed by atoms with E-state index in [1.807, 2.05) is 36.4 Å². The van der Waals surface area contributed by atoms with Crippen LogP contribution in [-0.2, 0) is 9.53 Å². The maximum absolute atomic E-state index is 13.4. The van der Waals surface area contributed by atoms with Gasteiger partial charge in [0.1, 0.15) is 6.10 Å². The molecule has 0 saturated heterocycles. The summed E-state index contributed by atoms with van der Waals surface area (Å²) in [6.07, 6.45) is 14.6. The van der Waals surface area contributed by atoms with E-state index in [2.05, 4.69) is 85.4 Å². The van der Waals surface area contributed by atoms with E-state index in [-0.39, 0.29) is 17.5 Å². The summed E-state index contributed by atoms with van der Waals surface area (Å²) in [7, 11) is 0. The summed E-state index contributed by atoms with van der Waals surface area (Å²) >= 11 is 4.59. The zero-order valence-electron chi connectivity index (χ0n) is 27.1. The SMILES string of the molecule is CCCCC(C)CC(OC(=O)/C=C\c1ccccc1)C(C)(CCC)C(CCC)C(c1ccc(S)cc1)C(C)CCC. The van der Waals surface area contributed by atoms with Crippen molar-refractivity contribution in [1.82, 2.24) is 0 Å². The van der Waals surface area contributed by atoms with E-state index < -0.39 is 0 Å². The molecule has 6 atom stereocenters. The van der Waals surface area contributed by atoms with Crippen molar-refractivity contribution in [2.45, 2.75) is 130 Å². The van der Waals surface area contributed by atoms with Gasteiger partial charge in [-0.3, -0.25) is 0 Å². The van der Waals surface area contributed by atoms with Crippen LogP contribution < -0.4 is 0 Å². The molecule has 41 heavy (non-hydrogen) atoms. The number of ether oxygens (including phenoxy) is 1. The van der Waals surface area contributed by atoms with Crippen LogP contribution in [0.5, 0.6) is 0 Å². The third-order valence-electron chi connectivity index (χ3n) is 9.18. The van der Waals surface area contributed by atoms with Gasteiger partial charge in [-0.25, -0.2) is 4.79 Å². The van der Waals surface area contributed by atoms with Crippen molar-refractivity contribution in [2.24, 2.45) is 23.2 Å². The Morgan fingerprint density at radius 2 is 1.54 bits per heavy atom. The Bertz CT molecular complexity index is 1010. The second-order valence-corrected chi connectivity index (χ2v) is 13.2. The number of thiol groups is 1. The van der Waals surface area contributed by atoms with E-state index in [4.69, 9.17) is 4.74 Å². The first-order valence-electron chi connectivity index (χ1n) is 16.4. The lowest BCUT2D eigenvalue weighted by Gasteiger charge is -2.49. The highest BCUT2D eigenvalue weighted by atomic mass is 32.1. The number of esters is 1. The second kappa shape index (κ2) is 18.5. The average Bonchev–Trinajstić information content (AvgIpc) is 2.96. The average molecular weight is 579 g/mol. The van der Waals surface area contributed by atoms with Crippen molar-refractivity contribution in [3.05, 3.63) is 71.8 Å². The lowest BCUT2D eigenvalue weighted by atomic mass is 9.58. The number of benzene rings is 2. The van der Waals surface area contributed by atoms with Crippen molar-refractivity contribution in [1.29, 1.82) is 0 Å². The Morgan fingerprint density at radius 3 is 2.12 bits per heavy atom. The standard InChI is InChI=1S/C38H58O2S/c1-8-12-18-29(5)28-35(40-36(39)26-21-31-19-14-13-15-20-31)38(7,27-11-4)34(17-10-3)37(30(6)16-9-2)32-22-24-33(41)25-23-32/h13-15,19-26,29-30,34-35,37,41H,8-12,16-18,27-28H2,1-7H3/b26-21-. The van der Waals surface area contributed by atoms with Crippen molar-refractivity contribution < 1.29 is 9.53 Å². The molecular formula is C38H58O2S. The maximum Gasteiger partial charge on any atom is 0.331 e. The van der Waals surface area contributed by atoms with Gasteiger partial charge >= 0.3 is 5.97 Å².